The minimum absolute atomic E-state index is 0.463. The molecule has 1 aromatic rings. The summed E-state index contributed by atoms with van der Waals surface area (Å²) in [7, 11) is 3.02. The average molecular weight is 179 g/mol. The Labute approximate surface area is 76.1 Å². The molecule has 0 saturated carbocycles. The molecule has 0 aliphatic carbocycles. The van der Waals surface area contributed by atoms with Gasteiger partial charge in [0.2, 0.25) is 0 Å². The van der Waals surface area contributed by atoms with Crippen LogP contribution in [-0.2, 0) is 0 Å². The monoisotopic (exact) mass is 179 g/mol. The number of benzene rings is 1. The van der Waals surface area contributed by atoms with Crippen molar-refractivity contribution in [3.63, 3.8) is 0 Å². The zero-order chi connectivity index (χ0) is 9.68. The molecule has 13 heavy (non-hydrogen) atoms. The molecule has 0 atom stereocenters. The molecule has 0 aromatic heterocycles. The Morgan fingerprint density at radius 1 is 1.31 bits per heavy atom. The fourth-order valence-corrected chi connectivity index (χ4v) is 1.02. The van der Waals surface area contributed by atoms with Crippen molar-refractivity contribution in [2.75, 3.05) is 14.2 Å². The highest BCUT2D eigenvalue weighted by Crippen LogP contribution is 2.29. The summed E-state index contributed by atoms with van der Waals surface area (Å²) in [4.78, 5) is 0. The summed E-state index contributed by atoms with van der Waals surface area (Å²) < 4.78 is 10.0. The van der Waals surface area contributed by atoms with E-state index in [1.807, 2.05) is 0 Å². The van der Waals surface area contributed by atoms with Crippen molar-refractivity contribution in [3.05, 3.63) is 34.0 Å². The standard InChI is InChI=1S/C9H9NO3/c1-12-8-5-3-4-7(6-10-11)9(8)13-2/h3-5H,1-2H3. The molecule has 4 nitrogen and oxygen atoms in total. The van der Waals surface area contributed by atoms with Gasteiger partial charge >= 0.3 is 6.07 Å². The van der Waals surface area contributed by atoms with Gasteiger partial charge in [0.1, 0.15) is 5.56 Å². The summed E-state index contributed by atoms with van der Waals surface area (Å²) in [5.41, 5.74) is 0.483. The molecule has 0 heterocycles. The van der Waals surface area contributed by atoms with Crippen molar-refractivity contribution in [1.82, 2.24) is 0 Å². The summed E-state index contributed by atoms with van der Waals surface area (Å²) in [5.74, 6) is 1.01. The lowest BCUT2D eigenvalue weighted by Crippen LogP contribution is -1.92. The maximum atomic E-state index is 9.98. The summed E-state index contributed by atoms with van der Waals surface area (Å²) >= 11 is 0. The Bertz CT molecular complexity index is 352. The molecule has 68 valence electrons. The molecule has 0 fully saturated rings. The van der Waals surface area contributed by atoms with Crippen LogP contribution in [0.4, 0.5) is 0 Å². The van der Waals surface area contributed by atoms with Gasteiger partial charge in [-0.15, -0.1) is 0 Å². The van der Waals surface area contributed by atoms with E-state index in [4.69, 9.17) is 9.47 Å². The molecular formula is C9H9NO3. The number of nitrogens with zero attached hydrogens (tertiary/aromatic N) is 1. The fourth-order valence-electron chi connectivity index (χ4n) is 1.02. The molecule has 0 radical (unpaired) electrons. The molecule has 0 N–H and O–H groups in total. The second kappa shape index (κ2) is 4.21. The minimum atomic E-state index is 0.463. The smallest absolute Gasteiger partial charge is 0.340 e. The van der Waals surface area contributed by atoms with E-state index in [0.717, 1.165) is 0 Å². The Morgan fingerprint density at radius 2 is 2.08 bits per heavy atom. The van der Waals surface area contributed by atoms with E-state index < -0.39 is 0 Å². The zero-order valence-corrected chi connectivity index (χ0v) is 7.40. The first-order valence-electron chi connectivity index (χ1n) is 3.62. The molecule has 0 saturated heterocycles. The van der Waals surface area contributed by atoms with Gasteiger partial charge in [-0.3, -0.25) is 0 Å². The second-order valence-electron chi connectivity index (χ2n) is 2.24. The van der Waals surface area contributed by atoms with Crippen molar-refractivity contribution in [1.29, 1.82) is 0 Å². The number of methoxy groups -OCH3 is 2. The molecule has 0 aliphatic rings. The van der Waals surface area contributed by atoms with E-state index in [9.17, 15) is 5.21 Å². The molecule has 4 heteroatoms. The molecule has 0 spiro atoms. The van der Waals surface area contributed by atoms with Gasteiger partial charge in [0, 0.05) is 5.01 Å². The lowest BCUT2D eigenvalue weighted by molar-refractivity contribution is 0.354. The molecule has 1 aromatic carbocycles. The molecular weight excluding hydrogens is 170 g/mol. The van der Waals surface area contributed by atoms with Crippen LogP contribution in [0.1, 0.15) is 5.56 Å². The third kappa shape index (κ3) is 1.82. The lowest BCUT2D eigenvalue weighted by atomic mass is 10.2. The highest BCUT2D eigenvalue weighted by atomic mass is 16.5. The van der Waals surface area contributed by atoms with Crippen molar-refractivity contribution >= 4 is 0 Å². The SMILES string of the molecule is COc1cccc(C#[N+][O-])c1OC. The zero-order valence-electron chi connectivity index (χ0n) is 7.40. The minimum Gasteiger partial charge on any atom is -0.498 e. The Morgan fingerprint density at radius 3 is 2.62 bits per heavy atom. The van der Waals surface area contributed by atoms with Crippen LogP contribution in [0.5, 0.6) is 11.5 Å². The number of para-hydroxylation sites is 1. The number of rotatable bonds is 2. The van der Waals surface area contributed by atoms with Crippen LogP contribution in [0.3, 0.4) is 0 Å². The highest BCUT2D eigenvalue weighted by molar-refractivity contribution is 5.53. The average Bonchev–Trinajstić information content (AvgIpc) is 2.18. The van der Waals surface area contributed by atoms with Gasteiger partial charge < -0.3 is 14.7 Å². The van der Waals surface area contributed by atoms with Gasteiger partial charge in [-0.25, -0.2) is 0 Å². The van der Waals surface area contributed by atoms with Crippen LogP contribution in [-0.4, -0.2) is 14.2 Å². The second-order valence-corrected chi connectivity index (χ2v) is 2.24. The van der Waals surface area contributed by atoms with E-state index in [-0.39, 0.29) is 0 Å². The van der Waals surface area contributed by atoms with Gasteiger partial charge in [-0.2, -0.15) is 0 Å². The molecule has 0 amide bonds. The summed E-state index contributed by atoms with van der Waals surface area (Å²) in [5, 5.41) is 12.5. The topological polar surface area (TPSA) is 45.9 Å². The molecule has 0 bridgehead atoms. The first-order valence-corrected chi connectivity index (χ1v) is 3.62. The van der Waals surface area contributed by atoms with Crippen LogP contribution in [0.15, 0.2) is 18.2 Å². The molecule has 0 unspecified atom stereocenters. The Hall–Kier alpha value is -1.89. The third-order valence-electron chi connectivity index (χ3n) is 1.57. The highest BCUT2D eigenvalue weighted by Gasteiger charge is 2.10. The van der Waals surface area contributed by atoms with Crippen LogP contribution < -0.4 is 9.47 Å². The van der Waals surface area contributed by atoms with E-state index in [0.29, 0.717) is 17.1 Å². The van der Waals surface area contributed by atoms with Gasteiger partial charge in [0.05, 0.1) is 14.2 Å². The maximum absolute atomic E-state index is 9.98. The van der Waals surface area contributed by atoms with Gasteiger partial charge in [0.25, 0.3) is 0 Å². The van der Waals surface area contributed by atoms with Crippen molar-refractivity contribution < 1.29 is 9.47 Å². The third-order valence-corrected chi connectivity index (χ3v) is 1.57. The van der Waals surface area contributed by atoms with Gasteiger partial charge in [0.15, 0.2) is 11.5 Å². The Kier molecular flexibility index (Phi) is 2.98. The van der Waals surface area contributed by atoms with Gasteiger partial charge in [-0.05, 0) is 12.1 Å². The van der Waals surface area contributed by atoms with Crippen LogP contribution >= 0.6 is 0 Å². The fraction of sp³-hybridized carbons (Fsp3) is 0.222. The van der Waals surface area contributed by atoms with Crippen molar-refractivity contribution in [2.45, 2.75) is 0 Å². The first kappa shape index (κ1) is 9.20. The summed E-state index contributed by atoms with van der Waals surface area (Å²) in [6.07, 6.45) is 0. The molecule has 1 rings (SSSR count). The van der Waals surface area contributed by atoms with Crippen molar-refractivity contribution in [2.24, 2.45) is 0 Å². The van der Waals surface area contributed by atoms with Crippen molar-refractivity contribution in [3.8, 4) is 17.6 Å². The lowest BCUT2D eigenvalue weighted by Gasteiger charge is -2.06. The van der Waals surface area contributed by atoms with Crippen LogP contribution in [0.2, 0.25) is 0 Å². The van der Waals surface area contributed by atoms with E-state index >= 15 is 0 Å². The summed E-state index contributed by atoms with van der Waals surface area (Å²) in [6, 6.07) is 7.40. The largest absolute Gasteiger partial charge is 0.498 e. The van der Waals surface area contributed by atoms with Crippen LogP contribution in [0.25, 0.3) is 5.01 Å². The number of hydrogen-bond acceptors (Lipinski definition) is 3. The molecule has 0 aliphatic heterocycles. The Balaban J connectivity index is 3.24. The predicted octanol–water partition coefficient (Wildman–Crippen LogP) is 1.88. The van der Waals surface area contributed by atoms with E-state index in [1.54, 1.807) is 18.2 Å². The quantitative estimate of drug-likeness (QED) is 0.651. The summed E-state index contributed by atoms with van der Waals surface area (Å²) in [6.45, 7) is 0. The van der Waals surface area contributed by atoms with E-state index in [1.165, 1.54) is 14.2 Å². The first-order chi connectivity index (χ1) is 6.33. The number of ether oxygens (including phenoxy) is 2. The van der Waals surface area contributed by atoms with Gasteiger partial charge in [-0.1, -0.05) is 6.07 Å². The van der Waals surface area contributed by atoms with E-state index in [2.05, 4.69) is 11.1 Å². The van der Waals surface area contributed by atoms with Crippen LogP contribution in [0, 0.1) is 11.3 Å². The predicted molar refractivity (Wildman–Crippen MR) is 49.3 cm³/mol. The number of hydrogen-bond donors (Lipinski definition) is 0. The maximum Gasteiger partial charge on any atom is 0.340 e. The normalized spacial score (nSPS) is 8.46.